The van der Waals surface area contributed by atoms with Crippen LogP contribution in [0.1, 0.15) is 12.0 Å². The van der Waals surface area contributed by atoms with Crippen LogP contribution in [0.4, 0.5) is 11.4 Å². The summed E-state index contributed by atoms with van der Waals surface area (Å²) in [7, 11) is 0. The van der Waals surface area contributed by atoms with Crippen LogP contribution in [0.2, 0.25) is 0 Å². The van der Waals surface area contributed by atoms with Crippen LogP contribution in [-0.4, -0.2) is 49.4 Å². The average molecular weight is 363 g/mol. The van der Waals surface area contributed by atoms with Crippen molar-refractivity contribution in [3.8, 4) is 0 Å². The Labute approximate surface area is 160 Å². The lowest BCUT2D eigenvalue weighted by atomic mass is 10.1. The number of carbonyl (C=O) groups is 2. The number of hydrogen-bond donors (Lipinski definition) is 0. The summed E-state index contributed by atoms with van der Waals surface area (Å²) >= 11 is 0. The van der Waals surface area contributed by atoms with Gasteiger partial charge in [0.2, 0.25) is 11.8 Å². The third-order valence-corrected chi connectivity index (χ3v) is 5.50. The fourth-order valence-electron chi connectivity index (χ4n) is 4.00. The summed E-state index contributed by atoms with van der Waals surface area (Å²) in [4.78, 5) is 31.4. The van der Waals surface area contributed by atoms with E-state index in [1.54, 1.807) is 4.90 Å². The Morgan fingerprint density at radius 2 is 1.63 bits per heavy atom. The molecule has 0 radical (unpaired) electrons. The summed E-state index contributed by atoms with van der Waals surface area (Å²) in [6, 6.07) is 18.2. The largest absolute Gasteiger partial charge is 0.368 e. The summed E-state index contributed by atoms with van der Waals surface area (Å²) in [5.41, 5.74) is 3.21. The second-order valence-electron chi connectivity index (χ2n) is 7.39. The Morgan fingerprint density at radius 3 is 2.33 bits per heavy atom. The number of rotatable bonds is 3. The van der Waals surface area contributed by atoms with E-state index in [2.05, 4.69) is 17.0 Å². The Balaban J connectivity index is 1.37. The number of anilines is 2. The molecule has 2 saturated heterocycles. The summed E-state index contributed by atoms with van der Waals surface area (Å²) in [6.07, 6.45) is 0.311. The molecule has 2 heterocycles. The molecular formula is C22H25N3O2. The second-order valence-corrected chi connectivity index (χ2v) is 7.39. The van der Waals surface area contributed by atoms with Gasteiger partial charge in [-0.1, -0.05) is 30.3 Å². The Morgan fingerprint density at radius 1 is 0.926 bits per heavy atom. The molecule has 0 N–H and O–H groups in total. The van der Waals surface area contributed by atoms with Crippen LogP contribution in [-0.2, 0) is 9.59 Å². The third kappa shape index (κ3) is 3.68. The minimum absolute atomic E-state index is 0.0434. The Hall–Kier alpha value is -2.82. The van der Waals surface area contributed by atoms with E-state index in [-0.39, 0.29) is 17.7 Å². The predicted octanol–water partition coefficient (Wildman–Crippen LogP) is 2.70. The number of piperazine rings is 1. The van der Waals surface area contributed by atoms with Gasteiger partial charge in [0.15, 0.2) is 0 Å². The zero-order chi connectivity index (χ0) is 18.8. The number of para-hydroxylation sites is 1. The van der Waals surface area contributed by atoms with E-state index in [4.69, 9.17) is 0 Å². The zero-order valence-corrected chi connectivity index (χ0v) is 15.7. The van der Waals surface area contributed by atoms with Gasteiger partial charge in [0, 0.05) is 50.5 Å². The number of carbonyl (C=O) groups excluding carboxylic acids is 2. The minimum Gasteiger partial charge on any atom is -0.368 e. The molecule has 2 amide bonds. The number of nitrogens with zero attached hydrogens (tertiary/aromatic N) is 3. The number of hydrogen-bond acceptors (Lipinski definition) is 3. The highest BCUT2D eigenvalue weighted by molar-refractivity contribution is 6.00. The monoisotopic (exact) mass is 363 g/mol. The van der Waals surface area contributed by atoms with Crippen molar-refractivity contribution in [3.63, 3.8) is 0 Å². The average Bonchev–Trinajstić information content (AvgIpc) is 3.10. The first-order chi connectivity index (χ1) is 13.1. The highest BCUT2D eigenvalue weighted by atomic mass is 16.2. The minimum atomic E-state index is -0.235. The van der Waals surface area contributed by atoms with Gasteiger partial charge in [-0.15, -0.1) is 0 Å². The first-order valence-electron chi connectivity index (χ1n) is 9.57. The van der Waals surface area contributed by atoms with Crippen molar-refractivity contribution in [1.29, 1.82) is 0 Å². The van der Waals surface area contributed by atoms with E-state index >= 15 is 0 Å². The molecule has 0 saturated carbocycles. The third-order valence-electron chi connectivity index (χ3n) is 5.50. The van der Waals surface area contributed by atoms with Crippen LogP contribution < -0.4 is 9.80 Å². The van der Waals surface area contributed by atoms with Gasteiger partial charge in [-0.3, -0.25) is 9.59 Å². The van der Waals surface area contributed by atoms with Gasteiger partial charge in [-0.05, 0) is 36.8 Å². The molecule has 27 heavy (non-hydrogen) atoms. The molecule has 0 bridgehead atoms. The number of aryl methyl sites for hydroxylation is 1. The van der Waals surface area contributed by atoms with Crippen molar-refractivity contribution in [2.24, 2.45) is 5.92 Å². The van der Waals surface area contributed by atoms with Gasteiger partial charge >= 0.3 is 0 Å². The Kier molecular flexibility index (Phi) is 4.84. The van der Waals surface area contributed by atoms with Crippen LogP contribution in [0.25, 0.3) is 0 Å². The molecule has 1 atom stereocenters. The van der Waals surface area contributed by atoms with Crippen molar-refractivity contribution < 1.29 is 9.59 Å². The van der Waals surface area contributed by atoms with Crippen LogP contribution in [0.15, 0.2) is 54.6 Å². The lowest BCUT2D eigenvalue weighted by Crippen LogP contribution is -2.50. The van der Waals surface area contributed by atoms with E-state index < -0.39 is 0 Å². The van der Waals surface area contributed by atoms with Crippen molar-refractivity contribution >= 4 is 23.2 Å². The van der Waals surface area contributed by atoms with Crippen LogP contribution in [0, 0.1) is 12.8 Å². The van der Waals surface area contributed by atoms with Gasteiger partial charge in [0.25, 0.3) is 0 Å². The molecule has 0 unspecified atom stereocenters. The molecule has 5 nitrogen and oxygen atoms in total. The zero-order valence-electron chi connectivity index (χ0n) is 15.7. The summed E-state index contributed by atoms with van der Waals surface area (Å²) < 4.78 is 0. The highest BCUT2D eigenvalue weighted by Gasteiger charge is 2.37. The molecule has 2 aromatic carbocycles. The lowest BCUT2D eigenvalue weighted by molar-refractivity contribution is -0.136. The number of benzene rings is 2. The standard InChI is InChI=1S/C22H25N3O2/c1-17-6-5-9-20(14-17)25-16-18(15-21(25)26)22(27)24-12-10-23(11-13-24)19-7-3-2-4-8-19/h2-9,14,18H,10-13,15-16H2,1H3/t18-/m1/s1. The molecule has 4 rings (SSSR count). The van der Waals surface area contributed by atoms with Gasteiger partial charge < -0.3 is 14.7 Å². The fourth-order valence-corrected chi connectivity index (χ4v) is 4.00. The summed E-state index contributed by atoms with van der Waals surface area (Å²) in [5.74, 6) is -0.0747. The van der Waals surface area contributed by atoms with Gasteiger partial charge in [-0.2, -0.15) is 0 Å². The predicted molar refractivity (Wildman–Crippen MR) is 107 cm³/mol. The molecule has 2 fully saturated rings. The summed E-state index contributed by atoms with van der Waals surface area (Å²) in [5, 5.41) is 0. The first kappa shape index (κ1) is 17.6. The molecule has 2 aromatic rings. The van der Waals surface area contributed by atoms with Crippen molar-refractivity contribution in [1.82, 2.24) is 4.90 Å². The van der Waals surface area contributed by atoms with E-state index in [1.807, 2.05) is 54.3 Å². The molecule has 0 aromatic heterocycles. The Bertz CT molecular complexity index is 828. The normalized spacial score (nSPS) is 20.3. The second kappa shape index (κ2) is 7.43. The molecule has 140 valence electrons. The van der Waals surface area contributed by atoms with Crippen LogP contribution in [0.3, 0.4) is 0 Å². The SMILES string of the molecule is Cc1cccc(N2C[C@H](C(=O)N3CCN(c4ccccc4)CC3)CC2=O)c1. The molecule has 5 heteroatoms. The molecule has 2 aliphatic heterocycles. The smallest absolute Gasteiger partial charge is 0.228 e. The van der Waals surface area contributed by atoms with E-state index in [0.717, 1.165) is 24.3 Å². The number of amides is 2. The molecule has 2 aliphatic rings. The van der Waals surface area contributed by atoms with E-state index in [0.29, 0.717) is 26.1 Å². The fraction of sp³-hybridized carbons (Fsp3) is 0.364. The first-order valence-corrected chi connectivity index (χ1v) is 9.57. The quantitative estimate of drug-likeness (QED) is 0.842. The van der Waals surface area contributed by atoms with Gasteiger partial charge in [0.05, 0.1) is 5.92 Å². The molecular weight excluding hydrogens is 338 g/mol. The maximum Gasteiger partial charge on any atom is 0.228 e. The van der Waals surface area contributed by atoms with Crippen LogP contribution in [0.5, 0.6) is 0 Å². The molecule has 0 spiro atoms. The van der Waals surface area contributed by atoms with Crippen molar-refractivity contribution in [2.45, 2.75) is 13.3 Å². The van der Waals surface area contributed by atoms with Crippen LogP contribution >= 0.6 is 0 Å². The highest BCUT2D eigenvalue weighted by Crippen LogP contribution is 2.27. The maximum absolute atomic E-state index is 13.0. The topological polar surface area (TPSA) is 43.9 Å². The summed E-state index contributed by atoms with van der Waals surface area (Å²) in [6.45, 7) is 5.58. The van der Waals surface area contributed by atoms with E-state index in [1.165, 1.54) is 5.69 Å². The van der Waals surface area contributed by atoms with Gasteiger partial charge in [-0.25, -0.2) is 0 Å². The van der Waals surface area contributed by atoms with E-state index in [9.17, 15) is 9.59 Å². The maximum atomic E-state index is 13.0. The van der Waals surface area contributed by atoms with Gasteiger partial charge in [0.1, 0.15) is 0 Å². The molecule has 0 aliphatic carbocycles. The lowest BCUT2D eigenvalue weighted by Gasteiger charge is -2.37. The van der Waals surface area contributed by atoms with Crippen molar-refractivity contribution in [2.75, 3.05) is 42.5 Å². The van der Waals surface area contributed by atoms with Crippen molar-refractivity contribution in [3.05, 3.63) is 60.2 Å².